The van der Waals surface area contributed by atoms with Crippen molar-refractivity contribution < 1.29 is 0 Å². The highest BCUT2D eigenvalue weighted by Crippen LogP contribution is 2.20. The van der Waals surface area contributed by atoms with Crippen molar-refractivity contribution in [3.05, 3.63) is 22.2 Å². The lowest BCUT2D eigenvalue weighted by atomic mass is 9.97. The number of piperidine rings is 1. The fourth-order valence-electron chi connectivity index (χ4n) is 2.44. The third-order valence-corrected chi connectivity index (χ3v) is 3.47. The van der Waals surface area contributed by atoms with Crippen LogP contribution in [0.15, 0.2) is 10.9 Å². The van der Waals surface area contributed by atoms with Crippen LogP contribution in [0.2, 0.25) is 0 Å². The Bertz CT molecular complexity index is 435. The molecule has 1 aliphatic rings. The first kappa shape index (κ1) is 13.1. The molecule has 5 nitrogen and oxygen atoms in total. The molecule has 2 N–H and O–H groups in total. The Morgan fingerprint density at radius 1 is 1.50 bits per heavy atom. The van der Waals surface area contributed by atoms with Crippen molar-refractivity contribution in [2.24, 2.45) is 5.92 Å². The average molecular weight is 250 g/mol. The number of nitrogens with zero attached hydrogens (tertiary/aromatic N) is 2. The molecule has 1 fully saturated rings. The lowest BCUT2D eigenvalue weighted by molar-refractivity contribution is 0.385. The summed E-state index contributed by atoms with van der Waals surface area (Å²) in [6, 6.07) is 1.59. The molecule has 0 aromatic carbocycles. The fourth-order valence-corrected chi connectivity index (χ4v) is 2.44. The summed E-state index contributed by atoms with van der Waals surface area (Å²) in [5.41, 5.74) is -0.0627. The van der Waals surface area contributed by atoms with E-state index < -0.39 is 0 Å². The molecule has 1 aliphatic heterocycles. The van der Waals surface area contributed by atoms with Crippen LogP contribution in [0.3, 0.4) is 0 Å². The van der Waals surface area contributed by atoms with Crippen LogP contribution in [-0.4, -0.2) is 36.1 Å². The fraction of sp³-hybridized carbons (Fsp3) is 0.692. The quantitative estimate of drug-likeness (QED) is 0.833. The first-order valence-corrected chi connectivity index (χ1v) is 6.72. The Balaban J connectivity index is 1.94. The highest BCUT2D eigenvalue weighted by molar-refractivity contribution is 5.37. The van der Waals surface area contributed by atoms with Crippen LogP contribution in [0.1, 0.15) is 25.6 Å². The van der Waals surface area contributed by atoms with Gasteiger partial charge in [-0.3, -0.25) is 4.79 Å². The number of hydrogen-bond acceptors (Lipinski definition) is 4. The third kappa shape index (κ3) is 3.32. The predicted molar refractivity (Wildman–Crippen MR) is 73.1 cm³/mol. The van der Waals surface area contributed by atoms with Gasteiger partial charge in [0.2, 0.25) is 0 Å². The first-order chi connectivity index (χ1) is 8.69. The zero-order valence-electron chi connectivity index (χ0n) is 11.2. The normalized spacial score (nSPS) is 17.1. The van der Waals surface area contributed by atoms with Gasteiger partial charge in [-0.25, -0.2) is 4.98 Å². The number of aromatic amines is 1. The second-order valence-corrected chi connectivity index (χ2v) is 4.93. The smallest absolute Gasteiger partial charge is 0.252 e. The maximum absolute atomic E-state index is 11.4. The van der Waals surface area contributed by atoms with E-state index in [0.29, 0.717) is 5.82 Å². The molecule has 0 aliphatic carbocycles. The SMILES string of the molecule is CCNCC1CCN(c2cc(=O)[nH]c(C)n2)CC1. The molecule has 1 saturated heterocycles. The second-order valence-electron chi connectivity index (χ2n) is 4.93. The minimum atomic E-state index is -0.0627. The molecule has 100 valence electrons. The standard InChI is InChI=1S/C13H22N4O/c1-3-14-9-11-4-6-17(7-5-11)12-8-13(18)16-10(2)15-12/h8,11,14H,3-7,9H2,1-2H3,(H,15,16,18). The molecule has 0 unspecified atom stereocenters. The maximum atomic E-state index is 11.4. The summed E-state index contributed by atoms with van der Waals surface area (Å²) >= 11 is 0. The van der Waals surface area contributed by atoms with E-state index in [1.807, 2.05) is 6.92 Å². The van der Waals surface area contributed by atoms with Crippen LogP contribution in [0.4, 0.5) is 5.82 Å². The molecule has 1 aromatic rings. The molecule has 0 radical (unpaired) electrons. The number of H-pyrrole nitrogens is 1. The van der Waals surface area contributed by atoms with E-state index in [-0.39, 0.29) is 5.56 Å². The van der Waals surface area contributed by atoms with Crippen molar-refractivity contribution in [1.82, 2.24) is 15.3 Å². The molecule has 18 heavy (non-hydrogen) atoms. The molecule has 1 aromatic heterocycles. The second kappa shape index (κ2) is 6.00. The summed E-state index contributed by atoms with van der Waals surface area (Å²) in [4.78, 5) is 20.7. The van der Waals surface area contributed by atoms with Crippen molar-refractivity contribution in [1.29, 1.82) is 0 Å². The van der Waals surface area contributed by atoms with Crippen molar-refractivity contribution in [2.45, 2.75) is 26.7 Å². The number of aromatic nitrogens is 2. The van der Waals surface area contributed by atoms with Gasteiger partial charge in [0.05, 0.1) is 0 Å². The van der Waals surface area contributed by atoms with Crippen LogP contribution < -0.4 is 15.8 Å². The van der Waals surface area contributed by atoms with Gasteiger partial charge in [-0.2, -0.15) is 0 Å². The van der Waals surface area contributed by atoms with Gasteiger partial charge in [0.25, 0.3) is 5.56 Å². The van der Waals surface area contributed by atoms with Gasteiger partial charge in [0.15, 0.2) is 0 Å². The van der Waals surface area contributed by atoms with E-state index in [9.17, 15) is 4.79 Å². The van der Waals surface area contributed by atoms with Crippen LogP contribution in [0, 0.1) is 12.8 Å². The van der Waals surface area contributed by atoms with Gasteiger partial charge in [0.1, 0.15) is 11.6 Å². The first-order valence-electron chi connectivity index (χ1n) is 6.72. The monoisotopic (exact) mass is 250 g/mol. The molecular weight excluding hydrogens is 228 g/mol. The number of aryl methyl sites for hydroxylation is 1. The van der Waals surface area contributed by atoms with Gasteiger partial charge < -0.3 is 15.2 Å². The largest absolute Gasteiger partial charge is 0.356 e. The Kier molecular flexibility index (Phi) is 4.36. The third-order valence-electron chi connectivity index (χ3n) is 3.47. The van der Waals surface area contributed by atoms with Crippen LogP contribution >= 0.6 is 0 Å². The maximum Gasteiger partial charge on any atom is 0.252 e. The lowest BCUT2D eigenvalue weighted by Gasteiger charge is -2.32. The summed E-state index contributed by atoms with van der Waals surface area (Å²) in [5.74, 6) is 2.26. The minimum absolute atomic E-state index is 0.0627. The summed E-state index contributed by atoms with van der Waals surface area (Å²) < 4.78 is 0. The minimum Gasteiger partial charge on any atom is -0.356 e. The van der Waals surface area contributed by atoms with Crippen molar-refractivity contribution in [2.75, 3.05) is 31.1 Å². The molecule has 2 rings (SSSR count). The zero-order valence-corrected chi connectivity index (χ0v) is 11.2. The summed E-state index contributed by atoms with van der Waals surface area (Å²) in [7, 11) is 0. The van der Waals surface area contributed by atoms with Crippen LogP contribution in [-0.2, 0) is 0 Å². The molecule has 0 saturated carbocycles. The Labute approximate surface area is 108 Å². The van der Waals surface area contributed by atoms with Gasteiger partial charge in [-0.15, -0.1) is 0 Å². The molecular formula is C13H22N4O. The zero-order chi connectivity index (χ0) is 13.0. The summed E-state index contributed by atoms with van der Waals surface area (Å²) in [6.45, 7) is 8.08. The van der Waals surface area contributed by atoms with Crippen LogP contribution in [0.5, 0.6) is 0 Å². The molecule has 0 amide bonds. The van der Waals surface area contributed by atoms with Crippen LogP contribution in [0.25, 0.3) is 0 Å². The Morgan fingerprint density at radius 3 is 2.83 bits per heavy atom. The topological polar surface area (TPSA) is 61.0 Å². The van der Waals surface area contributed by atoms with E-state index in [1.54, 1.807) is 6.07 Å². The van der Waals surface area contributed by atoms with Crippen molar-refractivity contribution in [3.63, 3.8) is 0 Å². The molecule has 0 atom stereocenters. The summed E-state index contributed by atoms with van der Waals surface area (Å²) in [5, 5.41) is 3.40. The van der Waals surface area contributed by atoms with Gasteiger partial charge in [-0.1, -0.05) is 6.92 Å². The molecule has 0 spiro atoms. The number of rotatable bonds is 4. The highest BCUT2D eigenvalue weighted by Gasteiger charge is 2.20. The van der Waals surface area contributed by atoms with Gasteiger partial charge in [0, 0.05) is 19.2 Å². The summed E-state index contributed by atoms with van der Waals surface area (Å²) in [6.07, 6.45) is 2.33. The van der Waals surface area contributed by atoms with E-state index in [1.165, 1.54) is 12.8 Å². The van der Waals surface area contributed by atoms with E-state index >= 15 is 0 Å². The number of nitrogens with one attached hydrogen (secondary N) is 2. The predicted octanol–water partition coefficient (Wildman–Crippen LogP) is 0.904. The van der Waals surface area contributed by atoms with Crippen molar-refractivity contribution in [3.8, 4) is 0 Å². The molecule has 0 bridgehead atoms. The Hall–Kier alpha value is -1.36. The van der Waals surface area contributed by atoms with Gasteiger partial charge >= 0.3 is 0 Å². The van der Waals surface area contributed by atoms with E-state index in [4.69, 9.17) is 0 Å². The van der Waals surface area contributed by atoms with E-state index in [0.717, 1.165) is 37.9 Å². The molecule has 5 heteroatoms. The molecule has 2 heterocycles. The average Bonchev–Trinajstić information content (AvgIpc) is 2.36. The number of hydrogen-bond donors (Lipinski definition) is 2. The highest BCUT2D eigenvalue weighted by atomic mass is 16.1. The lowest BCUT2D eigenvalue weighted by Crippen LogP contribution is -2.38. The van der Waals surface area contributed by atoms with Crippen molar-refractivity contribution >= 4 is 5.82 Å². The number of anilines is 1. The van der Waals surface area contributed by atoms with Gasteiger partial charge in [-0.05, 0) is 38.8 Å². The Morgan fingerprint density at radius 2 is 2.22 bits per heavy atom. The van der Waals surface area contributed by atoms with E-state index in [2.05, 4.69) is 27.1 Å².